The number of nitrogens with one attached hydrogen (secondary N) is 1. The van der Waals surface area contributed by atoms with E-state index in [0.717, 1.165) is 11.7 Å². The van der Waals surface area contributed by atoms with Crippen LogP contribution >= 0.6 is 11.8 Å². The van der Waals surface area contributed by atoms with Crippen molar-refractivity contribution in [2.24, 2.45) is 0 Å². The SMILES string of the molecule is C1=CSC(CCc2cnc[nH]2)C1. The maximum absolute atomic E-state index is 3.99. The molecule has 1 unspecified atom stereocenters. The lowest BCUT2D eigenvalue weighted by Gasteiger charge is -2.05. The lowest BCUT2D eigenvalue weighted by atomic mass is 10.1. The molecule has 1 aromatic heterocycles. The first-order valence-electron chi connectivity index (χ1n) is 4.23. The summed E-state index contributed by atoms with van der Waals surface area (Å²) in [7, 11) is 0. The maximum Gasteiger partial charge on any atom is 0.0921 e. The van der Waals surface area contributed by atoms with Crippen LogP contribution in [0.5, 0.6) is 0 Å². The van der Waals surface area contributed by atoms with Gasteiger partial charge in [0.1, 0.15) is 0 Å². The fraction of sp³-hybridized carbons (Fsp3) is 0.444. The normalized spacial score (nSPS) is 21.8. The topological polar surface area (TPSA) is 28.7 Å². The van der Waals surface area contributed by atoms with Gasteiger partial charge in [0, 0.05) is 17.1 Å². The van der Waals surface area contributed by atoms with Crippen molar-refractivity contribution < 1.29 is 0 Å². The zero-order chi connectivity index (χ0) is 8.23. The van der Waals surface area contributed by atoms with E-state index in [0.29, 0.717) is 0 Å². The van der Waals surface area contributed by atoms with Crippen molar-refractivity contribution in [2.45, 2.75) is 24.5 Å². The molecule has 2 nitrogen and oxygen atoms in total. The number of nitrogens with zero attached hydrogens (tertiary/aromatic N) is 1. The summed E-state index contributed by atoms with van der Waals surface area (Å²) < 4.78 is 0. The second kappa shape index (κ2) is 3.81. The third-order valence-electron chi connectivity index (χ3n) is 2.06. The van der Waals surface area contributed by atoms with Crippen LogP contribution in [0.2, 0.25) is 0 Å². The van der Waals surface area contributed by atoms with Crippen LogP contribution < -0.4 is 0 Å². The van der Waals surface area contributed by atoms with Gasteiger partial charge in [0.2, 0.25) is 0 Å². The summed E-state index contributed by atoms with van der Waals surface area (Å²) in [6.45, 7) is 0. The second-order valence-electron chi connectivity index (χ2n) is 2.98. The van der Waals surface area contributed by atoms with E-state index in [-0.39, 0.29) is 0 Å². The van der Waals surface area contributed by atoms with Gasteiger partial charge in [0.15, 0.2) is 0 Å². The van der Waals surface area contributed by atoms with E-state index in [9.17, 15) is 0 Å². The molecule has 0 bridgehead atoms. The molecular formula is C9H12N2S. The van der Waals surface area contributed by atoms with E-state index in [4.69, 9.17) is 0 Å². The summed E-state index contributed by atoms with van der Waals surface area (Å²) >= 11 is 1.95. The molecule has 0 saturated heterocycles. The molecule has 0 saturated carbocycles. The molecule has 0 radical (unpaired) electrons. The maximum atomic E-state index is 3.99. The number of hydrogen-bond acceptors (Lipinski definition) is 2. The van der Waals surface area contributed by atoms with Gasteiger partial charge in [-0.3, -0.25) is 0 Å². The molecule has 0 spiro atoms. The van der Waals surface area contributed by atoms with Crippen LogP contribution in [-0.4, -0.2) is 15.2 Å². The molecule has 2 heterocycles. The monoisotopic (exact) mass is 180 g/mol. The van der Waals surface area contributed by atoms with Crippen LogP contribution in [0.4, 0.5) is 0 Å². The Hall–Kier alpha value is -0.700. The second-order valence-corrected chi connectivity index (χ2v) is 4.19. The Balaban J connectivity index is 1.75. The fourth-order valence-corrected chi connectivity index (χ4v) is 2.27. The zero-order valence-electron chi connectivity index (χ0n) is 6.86. The Labute approximate surface area is 76.5 Å². The summed E-state index contributed by atoms with van der Waals surface area (Å²) in [5.41, 5.74) is 1.25. The summed E-state index contributed by atoms with van der Waals surface area (Å²) in [5.74, 6) is 0. The van der Waals surface area contributed by atoms with Gasteiger partial charge in [0.05, 0.1) is 6.33 Å². The molecule has 1 aliphatic heterocycles. The third kappa shape index (κ3) is 1.91. The Bertz CT molecular complexity index is 246. The van der Waals surface area contributed by atoms with Gasteiger partial charge in [-0.1, -0.05) is 6.08 Å². The highest BCUT2D eigenvalue weighted by molar-refractivity contribution is 8.02. The molecule has 1 atom stereocenters. The van der Waals surface area contributed by atoms with Gasteiger partial charge in [0.25, 0.3) is 0 Å². The molecule has 64 valence electrons. The first-order valence-corrected chi connectivity index (χ1v) is 5.17. The number of allylic oxidation sites excluding steroid dienone is 1. The van der Waals surface area contributed by atoms with Crippen LogP contribution in [0.25, 0.3) is 0 Å². The third-order valence-corrected chi connectivity index (χ3v) is 3.22. The quantitative estimate of drug-likeness (QED) is 0.773. The average molecular weight is 180 g/mol. The summed E-state index contributed by atoms with van der Waals surface area (Å²) in [5, 5.41) is 3.01. The van der Waals surface area contributed by atoms with Gasteiger partial charge < -0.3 is 4.98 Å². The van der Waals surface area contributed by atoms with E-state index in [1.807, 2.05) is 18.0 Å². The molecule has 0 amide bonds. The minimum atomic E-state index is 0.799. The highest BCUT2D eigenvalue weighted by atomic mass is 32.2. The number of rotatable bonds is 3. The first kappa shape index (κ1) is 7.92. The van der Waals surface area contributed by atoms with E-state index in [1.54, 1.807) is 6.33 Å². The van der Waals surface area contributed by atoms with E-state index in [1.165, 1.54) is 18.5 Å². The molecule has 2 rings (SSSR count). The van der Waals surface area contributed by atoms with Crippen LogP contribution in [0.1, 0.15) is 18.5 Å². The van der Waals surface area contributed by atoms with Crippen molar-refractivity contribution in [3.8, 4) is 0 Å². The summed E-state index contributed by atoms with van der Waals surface area (Å²) in [4.78, 5) is 7.11. The Morgan fingerprint density at radius 1 is 1.67 bits per heavy atom. The number of imidazole rings is 1. The lowest BCUT2D eigenvalue weighted by Crippen LogP contribution is -1.99. The average Bonchev–Trinajstić information content (AvgIpc) is 2.74. The van der Waals surface area contributed by atoms with Crippen LogP contribution in [0.15, 0.2) is 24.0 Å². The Morgan fingerprint density at radius 3 is 3.33 bits per heavy atom. The number of hydrogen-bond donors (Lipinski definition) is 1. The van der Waals surface area contributed by atoms with Crippen molar-refractivity contribution in [3.63, 3.8) is 0 Å². The zero-order valence-corrected chi connectivity index (χ0v) is 7.68. The largest absolute Gasteiger partial charge is 0.348 e. The molecule has 1 aromatic rings. The van der Waals surface area contributed by atoms with Crippen LogP contribution in [-0.2, 0) is 6.42 Å². The fourth-order valence-electron chi connectivity index (χ4n) is 1.35. The minimum absolute atomic E-state index is 0.799. The predicted molar refractivity (Wildman–Crippen MR) is 52.0 cm³/mol. The van der Waals surface area contributed by atoms with Crippen LogP contribution in [0, 0.1) is 0 Å². The highest BCUT2D eigenvalue weighted by Gasteiger charge is 2.10. The van der Waals surface area contributed by atoms with Gasteiger partial charge in [-0.2, -0.15) is 0 Å². The molecule has 1 aliphatic rings. The molecule has 12 heavy (non-hydrogen) atoms. The van der Waals surface area contributed by atoms with Gasteiger partial charge in [-0.05, 0) is 24.7 Å². The minimum Gasteiger partial charge on any atom is -0.348 e. The standard InChI is InChI=1S/C9H12N2S/c1-2-9(12-5-1)4-3-8-6-10-7-11-8/h1,5-7,9H,2-4H2,(H,10,11). The first-order chi connectivity index (χ1) is 5.95. The van der Waals surface area contributed by atoms with E-state index in [2.05, 4.69) is 21.5 Å². The molecule has 0 fully saturated rings. The summed E-state index contributed by atoms with van der Waals surface area (Å²) in [6, 6.07) is 0. The number of aromatic nitrogens is 2. The van der Waals surface area contributed by atoms with Crippen molar-refractivity contribution in [3.05, 3.63) is 29.7 Å². The Morgan fingerprint density at radius 2 is 2.67 bits per heavy atom. The molecule has 1 N–H and O–H groups in total. The summed E-state index contributed by atoms with van der Waals surface area (Å²) in [6.07, 6.45) is 9.52. The van der Waals surface area contributed by atoms with E-state index >= 15 is 0 Å². The molecule has 0 aromatic carbocycles. The van der Waals surface area contributed by atoms with Gasteiger partial charge in [-0.25, -0.2) is 4.98 Å². The Kier molecular flexibility index (Phi) is 2.51. The molecule has 3 heteroatoms. The highest BCUT2D eigenvalue weighted by Crippen LogP contribution is 2.27. The number of aromatic amines is 1. The van der Waals surface area contributed by atoms with Crippen molar-refractivity contribution in [1.29, 1.82) is 0 Å². The smallest absolute Gasteiger partial charge is 0.0921 e. The molecular weight excluding hydrogens is 168 g/mol. The predicted octanol–water partition coefficient (Wildman–Crippen LogP) is 2.36. The number of aryl methyl sites for hydroxylation is 1. The van der Waals surface area contributed by atoms with Gasteiger partial charge >= 0.3 is 0 Å². The van der Waals surface area contributed by atoms with Crippen LogP contribution in [0.3, 0.4) is 0 Å². The lowest BCUT2D eigenvalue weighted by molar-refractivity contribution is 0.762. The van der Waals surface area contributed by atoms with Crippen molar-refractivity contribution in [1.82, 2.24) is 9.97 Å². The van der Waals surface area contributed by atoms with Crippen molar-refractivity contribution >= 4 is 11.8 Å². The van der Waals surface area contributed by atoms with Crippen molar-refractivity contribution in [2.75, 3.05) is 0 Å². The molecule has 0 aliphatic carbocycles. The number of thioether (sulfide) groups is 1. The van der Waals surface area contributed by atoms with Gasteiger partial charge in [-0.15, -0.1) is 11.8 Å². The number of H-pyrrole nitrogens is 1. The van der Waals surface area contributed by atoms with E-state index < -0.39 is 0 Å².